The molecule has 0 aromatic heterocycles. The Labute approximate surface area is 174 Å². The highest BCUT2D eigenvalue weighted by Crippen LogP contribution is 2.35. The summed E-state index contributed by atoms with van der Waals surface area (Å²) in [4.78, 5) is 2.39. The van der Waals surface area contributed by atoms with Crippen molar-refractivity contribution in [1.29, 1.82) is 0 Å². The highest BCUT2D eigenvalue weighted by atomic mass is 31.2. The van der Waals surface area contributed by atoms with Gasteiger partial charge >= 0.3 is 0 Å². The van der Waals surface area contributed by atoms with Gasteiger partial charge in [0.05, 0.1) is 13.2 Å². The maximum absolute atomic E-state index is 12.2. The average molecular weight is 410 g/mol. The van der Waals surface area contributed by atoms with Crippen molar-refractivity contribution >= 4 is 23.8 Å². The van der Waals surface area contributed by atoms with Gasteiger partial charge in [-0.3, -0.25) is 0 Å². The summed E-state index contributed by atoms with van der Waals surface area (Å²) in [7, 11) is -2.25. The molecule has 0 unspecified atom stereocenters. The third-order valence-electron chi connectivity index (χ3n) is 5.32. The molecule has 0 bridgehead atoms. The van der Waals surface area contributed by atoms with E-state index in [-0.39, 0.29) is 0 Å². The first-order chi connectivity index (χ1) is 13.8. The van der Waals surface area contributed by atoms with Crippen LogP contribution in [0.5, 0.6) is 0 Å². The normalized spacial score (nSPS) is 15.7. The minimum atomic E-state index is -2.25. The van der Waals surface area contributed by atoms with Crippen LogP contribution in [0.2, 0.25) is 0 Å². The van der Waals surface area contributed by atoms with E-state index in [0.29, 0.717) is 0 Å². The van der Waals surface area contributed by atoms with Crippen LogP contribution in [0.4, 0.5) is 5.69 Å². The van der Waals surface area contributed by atoms with Crippen molar-refractivity contribution in [2.75, 3.05) is 44.9 Å². The maximum atomic E-state index is 12.2. The number of nitrogens with zero attached hydrogens (tertiary/aromatic N) is 1. The van der Waals surface area contributed by atoms with Gasteiger partial charge in [-0.1, -0.05) is 30.8 Å². The summed E-state index contributed by atoms with van der Waals surface area (Å²) in [6, 6.07) is 16.3. The van der Waals surface area contributed by atoms with E-state index in [4.69, 9.17) is 4.74 Å². The molecule has 5 heteroatoms. The van der Waals surface area contributed by atoms with Gasteiger partial charge in [-0.2, -0.15) is 0 Å². The summed E-state index contributed by atoms with van der Waals surface area (Å²) < 4.78 is 17.8. The van der Waals surface area contributed by atoms with Gasteiger partial charge in [0.25, 0.3) is 0 Å². The van der Waals surface area contributed by atoms with Gasteiger partial charge in [0.2, 0.25) is 0 Å². The molecule has 0 aliphatic carbocycles. The number of anilines is 1. The molecule has 154 valence electrons. The van der Waals surface area contributed by atoms with Crippen LogP contribution in [0.3, 0.4) is 0 Å². The summed E-state index contributed by atoms with van der Waals surface area (Å²) in [5, 5.41) is 4.31. The molecule has 1 aliphatic rings. The van der Waals surface area contributed by atoms with Gasteiger partial charge in [0.1, 0.15) is 7.14 Å². The molecule has 0 radical (unpaired) electrons. The van der Waals surface area contributed by atoms with Crippen molar-refractivity contribution in [3.05, 3.63) is 77.5 Å². The Morgan fingerprint density at radius 2 is 1.69 bits per heavy atom. The van der Waals surface area contributed by atoms with Gasteiger partial charge in [-0.25, -0.2) is 0 Å². The van der Waals surface area contributed by atoms with Crippen LogP contribution in [-0.2, 0) is 9.30 Å². The Morgan fingerprint density at radius 1 is 1.07 bits per heavy atom. The number of ether oxygens (including phenoxy) is 1. The monoisotopic (exact) mass is 410 g/mol. The smallest absolute Gasteiger partial charge is 0.109 e. The molecule has 29 heavy (non-hydrogen) atoms. The number of rotatable bonds is 6. The molecule has 1 aliphatic heterocycles. The molecule has 0 atom stereocenters. The van der Waals surface area contributed by atoms with Gasteiger partial charge in [-0.05, 0) is 62.6 Å². The molecule has 4 nitrogen and oxygen atoms in total. The van der Waals surface area contributed by atoms with Gasteiger partial charge in [0, 0.05) is 41.0 Å². The lowest BCUT2D eigenvalue weighted by Gasteiger charge is -2.34. The summed E-state index contributed by atoms with van der Waals surface area (Å²) in [6.45, 7) is 15.4. The second-order valence-corrected chi connectivity index (χ2v) is 11.1. The zero-order chi connectivity index (χ0) is 21.0. The second kappa shape index (κ2) is 9.02. The van der Waals surface area contributed by atoms with Gasteiger partial charge in [0.15, 0.2) is 0 Å². The summed E-state index contributed by atoms with van der Waals surface area (Å²) in [5.41, 5.74) is 6.58. The Morgan fingerprint density at radius 3 is 2.28 bits per heavy atom. The molecular weight excluding hydrogens is 379 g/mol. The molecule has 1 fully saturated rings. The molecule has 0 spiro atoms. The summed E-state index contributed by atoms with van der Waals surface area (Å²) in [6.07, 6.45) is 0. The van der Waals surface area contributed by atoms with Crippen LogP contribution < -0.4 is 10.6 Å². The van der Waals surface area contributed by atoms with E-state index in [9.17, 15) is 4.57 Å². The SMILES string of the molecule is C=C(Nc1ccc(P(C)(C)=O)cc1)/C(C)=C(\c1ccccc1C)N1CCOCC1. The number of morpholine rings is 1. The summed E-state index contributed by atoms with van der Waals surface area (Å²) in [5.74, 6) is 0. The number of aryl methyl sites for hydroxylation is 1. The fourth-order valence-electron chi connectivity index (χ4n) is 3.55. The standard InChI is InChI=1S/C24H31N2O2P/c1-18-8-6-7-9-23(18)24(26-14-16-28-17-15-26)19(2)20(3)25-21-10-12-22(13-11-21)29(4,5)27/h6-13,25H,3,14-17H2,1-2,4-5H3/b24-19+. The number of nitrogens with one attached hydrogen (secondary N) is 1. The largest absolute Gasteiger partial charge is 0.378 e. The molecule has 3 rings (SSSR count). The first kappa shape index (κ1) is 21.4. The van der Waals surface area contributed by atoms with E-state index in [1.807, 2.05) is 24.3 Å². The topological polar surface area (TPSA) is 41.6 Å². The molecular formula is C24H31N2O2P. The number of allylic oxidation sites excluding steroid dienone is 1. The van der Waals surface area contributed by atoms with E-state index in [0.717, 1.165) is 48.6 Å². The van der Waals surface area contributed by atoms with Crippen molar-refractivity contribution < 1.29 is 9.30 Å². The predicted molar refractivity (Wildman–Crippen MR) is 124 cm³/mol. The van der Waals surface area contributed by atoms with Crippen LogP contribution in [0, 0.1) is 6.92 Å². The van der Waals surface area contributed by atoms with Crippen molar-refractivity contribution in [2.45, 2.75) is 13.8 Å². The van der Waals surface area contributed by atoms with Crippen LogP contribution in [-0.4, -0.2) is 44.5 Å². The Balaban J connectivity index is 1.92. The third kappa shape index (κ3) is 5.20. The summed E-state index contributed by atoms with van der Waals surface area (Å²) >= 11 is 0. The Bertz CT molecular complexity index is 951. The molecule has 1 N–H and O–H groups in total. The highest BCUT2D eigenvalue weighted by Gasteiger charge is 2.20. The second-order valence-electron chi connectivity index (χ2n) is 7.89. The van der Waals surface area contributed by atoms with Crippen molar-refractivity contribution in [3.63, 3.8) is 0 Å². The van der Waals surface area contributed by atoms with E-state index >= 15 is 0 Å². The van der Waals surface area contributed by atoms with Gasteiger partial charge in [-0.15, -0.1) is 0 Å². The number of hydrogen-bond donors (Lipinski definition) is 1. The first-order valence-electron chi connectivity index (χ1n) is 9.99. The van der Waals surface area contributed by atoms with E-state index < -0.39 is 7.14 Å². The third-order valence-corrected chi connectivity index (χ3v) is 6.86. The van der Waals surface area contributed by atoms with Crippen LogP contribution in [0.1, 0.15) is 18.1 Å². The quantitative estimate of drug-likeness (QED) is 0.542. The fraction of sp³-hybridized carbons (Fsp3) is 0.333. The first-order valence-corrected chi connectivity index (χ1v) is 12.6. The van der Waals surface area contributed by atoms with E-state index in [1.165, 1.54) is 16.8 Å². The lowest BCUT2D eigenvalue weighted by Crippen LogP contribution is -2.36. The lowest BCUT2D eigenvalue weighted by atomic mass is 9.99. The van der Waals surface area contributed by atoms with Crippen molar-refractivity contribution in [3.8, 4) is 0 Å². The molecule has 2 aromatic carbocycles. The van der Waals surface area contributed by atoms with Crippen LogP contribution in [0.15, 0.2) is 66.4 Å². The zero-order valence-electron chi connectivity index (χ0n) is 17.9. The van der Waals surface area contributed by atoms with E-state index in [1.54, 1.807) is 13.3 Å². The number of hydrogen-bond acceptors (Lipinski definition) is 4. The zero-order valence-corrected chi connectivity index (χ0v) is 18.8. The average Bonchev–Trinajstić information content (AvgIpc) is 2.70. The molecule has 1 saturated heterocycles. The van der Waals surface area contributed by atoms with Crippen molar-refractivity contribution in [1.82, 2.24) is 4.90 Å². The molecule has 0 saturated carbocycles. The minimum Gasteiger partial charge on any atom is -0.378 e. The lowest BCUT2D eigenvalue weighted by molar-refractivity contribution is 0.0637. The molecule has 0 amide bonds. The Kier molecular flexibility index (Phi) is 6.66. The fourth-order valence-corrected chi connectivity index (χ4v) is 4.42. The molecule has 1 heterocycles. The number of benzene rings is 2. The minimum absolute atomic E-state index is 0.734. The highest BCUT2D eigenvalue weighted by molar-refractivity contribution is 7.70. The predicted octanol–water partition coefficient (Wildman–Crippen LogP) is 4.93. The van der Waals surface area contributed by atoms with E-state index in [2.05, 4.69) is 54.9 Å². The molecule has 2 aromatic rings. The van der Waals surface area contributed by atoms with Crippen molar-refractivity contribution in [2.24, 2.45) is 0 Å². The van der Waals surface area contributed by atoms with Crippen LogP contribution in [0.25, 0.3) is 5.70 Å². The Hall–Kier alpha value is -2.29. The maximum Gasteiger partial charge on any atom is 0.109 e. The van der Waals surface area contributed by atoms with Crippen LogP contribution >= 0.6 is 7.14 Å². The van der Waals surface area contributed by atoms with Gasteiger partial charge < -0.3 is 19.5 Å².